The summed E-state index contributed by atoms with van der Waals surface area (Å²) in [5, 5.41) is 40.0. The van der Waals surface area contributed by atoms with Crippen molar-refractivity contribution in [2.45, 2.75) is 193 Å². The molecule has 0 aromatic rings. The van der Waals surface area contributed by atoms with Crippen molar-refractivity contribution >= 4 is 35.0 Å². The summed E-state index contributed by atoms with van der Waals surface area (Å²) in [5.74, 6) is -1.88. The van der Waals surface area contributed by atoms with Gasteiger partial charge in [0.2, 0.25) is 0 Å². The van der Waals surface area contributed by atoms with Crippen molar-refractivity contribution in [3.63, 3.8) is 0 Å². The van der Waals surface area contributed by atoms with Crippen molar-refractivity contribution in [2.75, 3.05) is 0 Å². The summed E-state index contributed by atoms with van der Waals surface area (Å²) in [5.41, 5.74) is 0. The Bertz CT molecular complexity index is 583. The molecule has 0 aromatic heterocycles. The average molecular weight is 619 g/mol. The number of hydrogen-bond acceptors (Lipinski definition) is 6. The van der Waals surface area contributed by atoms with Crippen molar-refractivity contribution < 1.29 is 30.0 Å². The third-order valence-corrected chi connectivity index (χ3v) is 7.43. The van der Waals surface area contributed by atoms with E-state index in [1.807, 2.05) is 0 Å². The molecule has 0 aliphatic rings. The van der Waals surface area contributed by atoms with Gasteiger partial charge in [-0.05, 0) is 77.0 Å². The maximum Gasteiger partial charge on any atom is 2.00 e. The molecule has 0 aliphatic heterocycles. The van der Waals surface area contributed by atoms with Crippen LogP contribution in [0.15, 0.2) is 24.3 Å². The van der Waals surface area contributed by atoms with E-state index in [9.17, 15) is 30.0 Å². The first-order valence-corrected chi connectivity index (χ1v) is 17.4. The molecule has 2 atom stereocenters. The van der Waals surface area contributed by atoms with E-state index in [0.29, 0.717) is 0 Å². The molecule has 0 saturated carbocycles. The van der Waals surface area contributed by atoms with E-state index in [1.54, 1.807) is 0 Å². The maximum absolute atomic E-state index is 10.2. The van der Waals surface area contributed by atoms with Gasteiger partial charge in [-0.25, -0.2) is 0 Å². The number of unbranched alkanes of at least 4 members (excludes halogenated alkanes) is 16. The molecule has 6 nitrogen and oxygen atoms in total. The molecule has 0 unspecified atom stereocenters. The Balaban J connectivity index is -0.000000727. The van der Waals surface area contributed by atoms with Crippen molar-refractivity contribution in [3.05, 3.63) is 24.3 Å². The number of hydrogen-bond donors (Lipinski definition) is 2. The largest absolute Gasteiger partial charge is 2.00 e. The van der Waals surface area contributed by atoms with Crippen LogP contribution in [0.2, 0.25) is 0 Å². The minimum absolute atomic E-state index is 0. The third kappa shape index (κ3) is 45.7. The standard InChI is InChI=1S/2C18H34O3.Mg/c2*1-2-3-4-11-14-17(19)15-12-9-7-5-6-8-10-13-16-18(20)21;/h2*9,12,17,19H,2-8,10-11,13-16H2,1H3,(H,20,21);/q;;+2/p-2/b2*12-9+;/t2*17-;/m11./s1. The van der Waals surface area contributed by atoms with Gasteiger partial charge in [0.1, 0.15) is 0 Å². The zero-order chi connectivity index (χ0) is 31.5. The molecule has 0 amide bonds. The van der Waals surface area contributed by atoms with Crippen molar-refractivity contribution in [1.29, 1.82) is 0 Å². The average Bonchev–Trinajstić information content (AvgIpc) is 2.95. The molecular weight excluding hydrogens is 553 g/mol. The molecule has 0 saturated heterocycles. The van der Waals surface area contributed by atoms with E-state index in [4.69, 9.17) is 0 Å². The molecule has 2 N–H and O–H groups in total. The second-order valence-electron chi connectivity index (χ2n) is 11.8. The predicted molar refractivity (Wildman–Crippen MR) is 177 cm³/mol. The SMILES string of the molecule is CCCCCC[C@@H](O)C/C=C/CCCCCCCC(=O)[O-].CCCCCC[C@@H](O)C/C=C/CCCCCCCC(=O)[O-].[Mg+2]. The van der Waals surface area contributed by atoms with Gasteiger partial charge in [-0.15, -0.1) is 0 Å². The van der Waals surface area contributed by atoms with E-state index >= 15 is 0 Å². The van der Waals surface area contributed by atoms with E-state index in [-0.39, 0.29) is 48.1 Å². The molecule has 0 spiro atoms. The Labute approximate surface area is 281 Å². The van der Waals surface area contributed by atoms with Gasteiger partial charge in [-0.3, -0.25) is 0 Å². The van der Waals surface area contributed by atoms with Crippen molar-refractivity contribution in [3.8, 4) is 0 Å². The van der Waals surface area contributed by atoms with Crippen LogP contribution in [0.5, 0.6) is 0 Å². The van der Waals surface area contributed by atoms with Gasteiger partial charge in [0.05, 0.1) is 12.2 Å². The summed E-state index contributed by atoms with van der Waals surface area (Å²) in [4.78, 5) is 20.4. The number of aliphatic hydroxyl groups excluding tert-OH is 2. The zero-order valence-electron chi connectivity index (χ0n) is 28.1. The van der Waals surface area contributed by atoms with Crippen LogP contribution < -0.4 is 10.2 Å². The number of allylic oxidation sites excluding steroid dienone is 2. The molecule has 0 rings (SSSR count). The Morgan fingerprint density at radius 1 is 0.512 bits per heavy atom. The Hall–Kier alpha value is -0.894. The maximum atomic E-state index is 10.2. The fourth-order valence-corrected chi connectivity index (χ4v) is 4.72. The Kier molecular flexibility index (Phi) is 42.3. The monoisotopic (exact) mass is 618 g/mol. The number of carbonyl (C=O) groups is 2. The van der Waals surface area contributed by atoms with E-state index in [1.165, 1.54) is 38.5 Å². The first-order valence-electron chi connectivity index (χ1n) is 17.4. The molecule has 0 aliphatic carbocycles. The second-order valence-corrected chi connectivity index (χ2v) is 11.8. The molecular formula is C36H66MgO6. The van der Waals surface area contributed by atoms with Crippen LogP contribution in [0.4, 0.5) is 0 Å². The molecule has 0 fully saturated rings. The van der Waals surface area contributed by atoms with Crippen LogP contribution in [0, 0.1) is 0 Å². The Morgan fingerprint density at radius 2 is 0.837 bits per heavy atom. The molecule has 0 aromatic carbocycles. The summed E-state index contributed by atoms with van der Waals surface area (Å²) >= 11 is 0. The fraction of sp³-hybridized carbons (Fsp3) is 0.833. The van der Waals surface area contributed by atoms with Gasteiger partial charge in [0.25, 0.3) is 0 Å². The van der Waals surface area contributed by atoms with E-state index < -0.39 is 11.9 Å². The molecule has 0 heterocycles. The van der Waals surface area contributed by atoms with E-state index in [0.717, 1.165) is 116 Å². The van der Waals surface area contributed by atoms with Crippen molar-refractivity contribution in [2.24, 2.45) is 0 Å². The number of carboxylic acid groups (broad SMARTS) is 2. The smallest absolute Gasteiger partial charge is 0.550 e. The number of aliphatic carboxylic acids is 2. The van der Waals surface area contributed by atoms with Crippen LogP contribution in [0.1, 0.15) is 181 Å². The fourth-order valence-electron chi connectivity index (χ4n) is 4.72. The number of carboxylic acids is 2. The van der Waals surface area contributed by atoms with E-state index in [2.05, 4.69) is 38.2 Å². The van der Waals surface area contributed by atoms with Gasteiger partial charge in [0.15, 0.2) is 0 Å². The summed E-state index contributed by atoms with van der Waals surface area (Å²) in [6.45, 7) is 4.39. The Morgan fingerprint density at radius 3 is 1.19 bits per heavy atom. The van der Waals surface area contributed by atoms with Crippen molar-refractivity contribution in [1.82, 2.24) is 0 Å². The predicted octanol–water partition coefficient (Wildman–Crippen LogP) is 7.11. The zero-order valence-corrected chi connectivity index (χ0v) is 29.5. The van der Waals surface area contributed by atoms with Crippen LogP contribution in [-0.4, -0.2) is 57.4 Å². The van der Waals surface area contributed by atoms with Gasteiger partial charge in [0, 0.05) is 11.9 Å². The van der Waals surface area contributed by atoms with Crippen LogP contribution in [0.3, 0.4) is 0 Å². The van der Waals surface area contributed by atoms with Crippen LogP contribution >= 0.6 is 0 Å². The minimum Gasteiger partial charge on any atom is -0.550 e. The van der Waals surface area contributed by atoms with Crippen LogP contribution in [0.25, 0.3) is 0 Å². The van der Waals surface area contributed by atoms with Gasteiger partial charge in [-0.1, -0.05) is 128 Å². The quantitative estimate of drug-likeness (QED) is 0.0503. The normalized spacial score (nSPS) is 12.6. The topological polar surface area (TPSA) is 121 Å². The molecule has 0 bridgehead atoms. The molecule has 7 heteroatoms. The molecule has 0 radical (unpaired) electrons. The van der Waals surface area contributed by atoms with Crippen LogP contribution in [-0.2, 0) is 9.59 Å². The summed E-state index contributed by atoms with van der Waals surface area (Å²) in [7, 11) is 0. The summed E-state index contributed by atoms with van der Waals surface area (Å²) < 4.78 is 0. The van der Waals surface area contributed by atoms with Gasteiger partial charge < -0.3 is 30.0 Å². The number of rotatable bonds is 30. The number of carbonyl (C=O) groups excluding carboxylic acids is 2. The van der Waals surface area contributed by atoms with Gasteiger partial charge >= 0.3 is 23.1 Å². The second kappa shape index (κ2) is 39.1. The first-order chi connectivity index (χ1) is 20.3. The summed E-state index contributed by atoms with van der Waals surface area (Å²) in [6.07, 6.45) is 34.0. The minimum atomic E-state index is -0.939. The number of aliphatic hydroxyl groups is 2. The molecule has 248 valence electrons. The molecule has 43 heavy (non-hydrogen) atoms. The summed E-state index contributed by atoms with van der Waals surface area (Å²) in [6, 6.07) is 0. The van der Waals surface area contributed by atoms with Gasteiger partial charge in [-0.2, -0.15) is 0 Å². The first kappa shape index (κ1) is 46.5. The third-order valence-electron chi connectivity index (χ3n) is 7.43.